The van der Waals surface area contributed by atoms with E-state index in [0.29, 0.717) is 6.54 Å². The predicted octanol–water partition coefficient (Wildman–Crippen LogP) is 5.59. The summed E-state index contributed by atoms with van der Waals surface area (Å²) in [6, 6.07) is 8.03. The van der Waals surface area contributed by atoms with Gasteiger partial charge in [-0.15, -0.1) is 17.9 Å². The van der Waals surface area contributed by atoms with Crippen molar-refractivity contribution in [2.24, 2.45) is 0 Å². The first-order valence-electron chi connectivity index (χ1n) is 6.62. The third-order valence-corrected chi connectivity index (χ3v) is 4.95. The number of anilines is 1. The van der Waals surface area contributed by atoms with Crippen molar-refractivity contribution in [3.63, 3.8) is 0 Å². The Bertz CT molecular complexity index is 672. The zero-order valence-electron chi connectivity index (χ0n) is 12.4. The number of hydrogen-bond acceptors (Lipinski definition) is 3. The minimum Gasteiger partial charge on any atom is -0.443 e. The van der Waals surface area contributed by atoms with Gasteiger partial charge in [0.05, 0.1) is 4.47 Å². The van der Waals surface area contributed by atoms with E-state index in [9.17, 15) is 4.79 Å². The van der Waals surface area contributed by atoms with Gasteiger partial charge in [0.25, 0.3) is 0 Å². The maximum Gasteiger partial charge on any atom is 0.415 e. The Morgan fingerprint density at radius 2 is 2.10 bits per heavy atom. The Balaban J connectivity index is 2.43. The quantitative estimate of drug-likeness (QED) is 0.661. The lowest BCUT2D eigenvalue weighted by molar-refractivity contribution is 0.0585. The van der Waals surface area contributed by atoms with Crippen LogP contribution >= 0.6 is 27.3 Å². The fourth-order valence-electron chi connectivity index (χ4n) is 1.86. The first-order chi connectivity index (χ1) is 9.83. The zero-order valence-corrected chi connectivity index (χ0v) is 14.8. The SMILES string of the molecule is C=CCN(C(=O)OC(C)(C)C)c1sc2ccccc2c1Br. The topological polar surface area (TPSA) is 29.5 Å². The lowest BCUT2D eigenvalue weighted by atomic mass is 10.2. The number of ether oxygens (including phenoxy) is 1. The molecular formula is C16H18BrNO2S. The minimum absolute atomic E-state index is 0.366. The van der Waals surface area contributed by atoms with Gasteiger partial charge in [0.15, 0.2) is 0 Å². The summed E-state index contributed by atoms with van der Waals surface area (Å²) < 4.78 is 7.52. The van der Waals surface area contributed by atoms with Crippen LogP contribution in [0.3, 0.4) is 0 Å². The fourth-order valence-corrected chi connectivity index (χ4v) is 3.89. The van der Waals surface area contributed by atoms with Crippen LogP contribution in [0.2, 0.25) is 0 Å². The normalized spacial score (nSPS) is 11.4. The van der Waals surface area contributed by atoms with E-state index in [1.54, 1.807) is 22.3 Å². The molecule has 0 saturated heterocycles. The molecule has 0 N–H and O–H groups in total. The lowest BCUT2D eigenvalue weighted by Crippen LogP contribution is -2.36. The fraction of sp³-hybridized carbons (Fsp3) is 0.312. The zero-order chi connectivity index (χ0) is 15.6. The van der Waals surface area contributed by atoms with Crippen LogP contribution < -0.4 is 4.90 Å². The van der Waals surface area contributed by atoms with Gasteiger partial charge in [-0.1, -0.05) is 24.3 Å². The molecule has 0 fully saturated rings. The number of fused-ring (bicyclic) bond motifs is 1. The number of amides is 1. The molecular weight excluding hydrogens is 350 g/mol. The molecule has 0 aliphatic heterocycles. The Morgan fingerprint density at radius 3 is 2.67 bits per heavy atom. The van der Waals surface area contributed by atoms with Gasteiger partial charge >= 0.3 is 6.09 Å². The van der Waals surface area contributed by atoms with Gasteiger partial charge in [-0.25, -0.2) is 4.79 Å². The molecule has 1 aromatic carbocycles. The van der Waals surface area contributed by atoms with Crippen LogP contribution in [0.15, 0.2) is 41.4 Å². The maximum absolute atomic E-state index is 12.4. The number of nitrogens with zero attached hydrogens (tertiary/aromatic N) is 1. The molecule has 21 heavy (non-hydrogen) atoms. The summed E-state index contributed by atoms with van der Waals surface area (Å²) in [6.07, 6.45) is 1.33. The molecule has 0 bridgehead atoms. The molecule has 2 rings (SSSR count). The summed E-state index contributed by atoms with van der Waals surface area (Å²) in [5.74, 6) is 0. The summed E-state index contributed by atoms with van der Waals surface area (Å²) >= 11 is 5.15. The summed E-state index contributed by atoms with van der Waals surface area (Å²) in [6.45, 7) is 9.71. The van der Waals surface area contributed by atoms with Crippen LogP contribution in [-0.2, 0) is 4.74 Å². The Morgan fingerprint density at radius 1 is 1.43 bits per heavy atom. The van der Waals surface area contributed by atoms with Crippen LogP contribution in [0.25, 0.3) is 10.1 Å². The molecule has 0 radical (unpaired) electrons. The highest BCUT2D eigenvalue weighted by Crippen LogP contribution is 2.42. The van der Waals surface area contributed by atoms with Gasteiger partial charge in [-0.2, -0.15) is 0 Å². The molecule has 1 aromatic heterocycles. The van der Waals surface area contributed by atoms with Crippen molar-refractivity contribution in [1.29, 1.82) is 0 Å². The lowest BCUT2D eigenvalue weighted by Gasteiger charge is -2.26. The highest BCUT2D eigenvalue weighted by Gasteiger charge is 2.26. The third kappa shape index (κ3) is 3.66. The highest BCUT2D eigenvalue weighted by atomic mass is 79.9. The van der Waals surface area contributed by atoms with Crippen molar-refractivity contribution in [2.45, 2.75) is 26.4 Å². The van der Waals surface area contributed by atoms with Gasteiger partial charge in [0.2, 0.25) is 0 Å². The van der Waals surface area contributed by atoms with E-state index in [1.807, 2.05) is 45.0 Å². The number of hydrogen-bond donors (Lipinski definition) is 0. The number of thiophene rings is 1. The molecule has 1 amide bonds. The van der Waals surface area contributed by atoms with Crippen molar-refractivity contribution in [3.05, 3.63) is 41.4 Å². The standard InChI is InChI=1S/C16H18BrNO2S/c1-5-10-18(15(19)20-16(2,3)4)14-13(17)11-8-6-7-9-12(11)21-14/h5-9H,1,10H2,2-4H3. The second-order valence-electron chi connectivity index (χ2n) is 5.60. The average Bonchev–Trinajstić information content (AvgIpc) is 2.72. The van der Waals surface area contributed by atoms with Crippen LogP contribution in [0.5, 0.6) is 0 Å². The van der Waals surface area contributed by atoms with Gasteiger partial charge in [-0.05, 0) is 42.8 Å². The average molecular weight is 368 g/mol. The second-order valence-corrected chi connectivity index (χ2v) is 7.42. The predicted molar refractivity (Wildman–Crippen MR) is 93.3 cm³/mol. The van der Waals surface area contributed by atoms with Crippen molar-refractivity contribution in [3.8, 4) is 0 Å². The molecule has 0 unspecified atom stereocenters. The summed E-state index contributed by atoms with van der Waals surface area (Å²) in [5.41, 5.74) is -0.528. The van der Waals surface area contributed by atoms with E-state index in [4.69, 9.17) is 4.74 Å². The molecule has 5 heteroatoms. The van der Waals surface area contributed by atoms with Crippen molar-refractivity contribution < 1.29 is 9.53 Å². The first kappa shape index (κ1) is 16.0. The summed E-state index contributed by atoms with van der Waals surface area (Å²) in [4.78, 5) is 14.0. The van der Waals surface area contributed by atoms with E-state index in [1.165, 1.54) is 0 Å². The number of halogens is 1. The van der Waals surface area contributed by atoms with Crippen molar-refractivity contribution >= 4 is 48.4 Å². The van der Waals surface area contributed by atoms with E-state index < -0.39 is 5.60 Å². The molecule has 0 spiro atoms. The van der Waals surface area contributed by atoms with Crippen LogP contribution in [0.1, 0.15) is 20.8 Å². The molecule has 0 saturated carbocycles. The molecule has 1 heterocycles. The van der Waals surface area contributed by atoms with E-state index in [0.717, 1.165) is 19.6 Å². The highest BCUT2D eigenvalue weighted by molar-refractivity contribution is 9.10. The largest absolute Gasteiger partial charge is 0.443 e. The van der Waals surface area contributed by atoms with E-state index >= 15 is 0 Å². The van der Waals surface area contributed by atoms with Gasteiger partial charge in [0.1, 0.15) is 10.6 Å². The maximum atomic E-state index is 12.4. The van der Waals surface area contributed by atoms with Crippen LogP contribution in [-0.4, -0.2) is 18.2 Å². The van der Waals surface area contributed by atoms with Crippen molar-refractivity contribution in [2.75, 3.05) is 11.4 Å². The molecule has 112 valence electrons. The van der Waals surface area contributed by atoms with Gasteiger partial charge < -0.3 is 4.74 Å². The first-order valence-corrected chi connectivity index (χ1v) is 8.23. The van der Waals surface area contributed by atoms with Crippen LogP contribution in [0, 0.1) is 0 Å². The van der Waals surface area contributed by atoms with E-state index in [-0.39, 0.29) is 6.09 Å². The summed E-state index contributed by atoms with van der Waals surface area (Å²) in [7, 11) is 0. The molecule has 0 aliphatic carbocycles. The Hall–Kier alpha value is -1.33. The Labute approximate surface area is 137 Å². The van der Waals surface area contributed by atoms with Crippen LogP contribution in [0.4, 0.5) is 9.80 Å². The number of carbonyl (C=O) groups is 1. The Kier molecular flexibility index (Phi) is 4.74. The smallest absolute Gasteiger partial charge is 0.415 e. The van der Waals surface area contributed by atoms with Gasteiger partial charge in [0, 0.05) is 16.6 Å². The third-order valence-electron chi connectivity index (χ3n) is 2.69. The molecule has 3 nitrogen and oxygen atoms in total. The van der Waals surface area contributed by atoms with Gasteiger partial charge in [-0.3, -0.25) is 4.90 Å². The van der Waals surface area contributed by atoms with Crippen molar-refractivity contribution in [1.82, 2.24) is 0 Å². The van der Waals surface area contributed by atoms with E-state index in [2.05, 4.69) is 22.5 Å². The number of carbonyl (C=O) groups excluding carboxylic acids is 1. The molecule has 2 aromatic rings. The monoisotopic (exact) mass is 367 g/mol. The number of benzene rings is 1. The number of rotatable bonds is 3. The second kappa shape index (κ2) is 6.20. The minimum atomic E-state index is -0.528. The molecule has 0 atom stereocenters. The molecule has 0 aliphatic rings. The summed E-state index contributed by atoms with van der Waals surface area (Å²) in [5, 5.41) is 1.93.